The molecule has 0 aliphatic carbocycles. The van der Waals surface area contributed by atoms with Crippen molar-refractivity contribution in [3.63, 3.8) is 0 Å². The van der Waals surface area contributed by atoms with Gasteiger partial charge in [0.1, 0.15) is 0 Å². The molecule has 0 saturated carbocycles. The molecule has 1 atom stereocenters. The van der Waals surface area contributed by atoms with Crippen LogP contribution in [0.5, 0.6) is 0 Å². The average molecular weight is 229 g/mol. The number of ketones is 1. The fourth-order valence-corrected chi connectivity index (χ4v) is 2.42. The fraction of sp³-hybridized carbons (Fsp3) is 0.357. The molecule has 3 nitrogen and oxygen atoms in total. The molecule has 0 amide bonds. The first kappa shape index (κ1) is 10.4. The van der Waals surface area contributed by atoms with Crippen LogP contribution in [0.1, 0.15) is 24.3 Å². The number of para-hydroxylation sites is 1. The van der Waals surface area contributed by atoms with Crippen molar-refractivity contribution in [3.05, 3.63) is 41.7 Å². The van der Waals surface area contributed by atoms with Crippen LogP contribution in [0, 0.1) is 0 Å². The van der Waals surface area contributed by atoms with Crippen LogP contribution < -0.4 is 5.32 Å². The number of anilines is 1. The number of benzene rings is 1. The maximum Gasteiger partial charge on any atom is 0.206 e. The Kier molecular flexibility index (Phi) is 2.59. The van der Waals surface area contributed by atoms with E-state index in [1.807, 2.05) is 30.3 Å². The lowest BCUT2D eigenvalue weighted by molar-refractivity contribution is -0.120. The Morgan fingerprint density at radius 2 is 2.24 bits per heavy atom. The summed E-state index contributed by atoms with van der Waals surface area (Å²) in [5.41, 5.74) is 2.16. The van der Waals surface area contributed by atoms with Crippen LogP contribution in [-0.4, -0.2) is 18.9 Å². The Morgan fingerprint density at radius 1 is 1.35 bits per heavy atom. The van der Waals surface area contributed by atoms with Gasteiger partial charge in [-0.05, 0) is 30.5 Å². The third kappa shape index (κ3) is 1.82. The van der Waals surface area contributed by atoms with Gasteiger partial charge in [-0.3, -0.25) is 4.79 Å². The third-order valence-electron chi connectivity index (χ3n) is 3.33. The van der Waals surface area contributed by atoms with Crippen molar-refractivity contribution >= 4 is 11.5 Å². The highest BCUT2D eigenvalue weighted by Crippen LogP contribution is 2.33. The predicted octanol–water partition coefficient (Wildman–Crippen LogP) is 2.46. The second-order valence-electron chi connectivity index (χ2n) is 4.44. The van der Waals surface area contributed by atoms with Gasteiger partial charge in [-0.25, -0.2) is 0 Å². The van der Waals surface area contributed by atoms with E-state index in [0.29, 0.717) is 18.9 Å². The van der Waals surface area contributed by atoms with Gasteiger partial charge in [-0.15, -0.1) is 0 Å². The maximum absolute atomic E-state index is 12.3. The van der Waals surface area contributed by atoms with Gasteiger partial charge in [0.15, 0.2) is 5.76 Å². The minimum absolute atomic E-state index is 0.0875. The van der Waals surface area contributed by atoms with Crippen LogP contribution in [0.25, 0.3) is 0 Å². The van der Waals surface area contributed by atoms with Gasteiger partial charge in [0.2, 0.25) is 5.78 Å². The molecule has 1 unspecified atom stereocenters. The first-order valence-corrected chi connectivity index (χ1v) is 6.06. The van der Waals surface area contributed by atoms with Crippen molar-refractivity contribution < 1.29 is 9.53 Å². The van der Waals surface area contributed by atoms with Crippen LogP contribution in [0.2, 0.25) is 0 Å². The van der Waals surface area contributed by atoms with E-state index < -0.39 is 0 Å². The lowest BCUT2D eigenvalue weighted by Crippen LogP contribution is -2.20. The molecule has 2 heterocycles. The van der Waals surface area contributed by atoms with E-state index in [1.165, 1.54) is 0 Å². The zero-order chi connectivity index (χ0) is 11.7. The number of hydrogen-bond donors (Lipinski definition) is 1. The molecule has 2 aliphatic rings. The van der Waals surface area contributed by atoms with E-state index in [0.717, 1.165) is 24.1 Å². The Labute approximate surface area is 100 Å². The first-order valence-electron chi connectivity index (χ1n) is 6.06. The van der Waals surface area contributed by atoms with Gasteiger partial charge in [-0.1, -0.05) is 18.2 Å². The molecule has 3 rings (SSSR count). The summed E-state index contributed by atoms with van der Waals surface area (Å²) in [6.45, 7) is 1.35. The Morgan fingerprint density at radius 3 is 3.06 bits per heavy atom. The number of nitrogens with one attached hydrogen (secondary N) is 1. The predicted molar refractivity (Wildman–Crippen MR) is 65.9 cm³/mol. The van der Waals surface area contributed by atoms with Crippen LogP contribution in [-0.2, 0) is 9.53 Å². The van der Waals surface area contributed by atoms with Crippen LogP contribution in [0.3, 0.4) is 0 Å². The van der Waals surface area contributed by atoms with E-state index in [1.54, 1.807) is 0 Å². The summed E-state index contributed by atoms with van der Waals surface area (Å²) in [6, 6.07) is 7.98. The SMILES string of the molecule is O=C(C1=CCCCO1)C1CNc2ccccc21. The molecular weight excluding hydrogens is 214 g/mol. The molecule has 88 valence electrons. The summed E-state index contributed by atoms with van der Waals surface area (Å²) < 4.78 is 5.45. The van der Waals surface area contributed by atoms with E-state index in [-0.39, 0.29) is 11.7 Å². The van der Waals surface area contributed by atoms with Gasteiger partial charge in [0.05, 0.1) is 12.5 Å². The zero-order valence-electron chi connectivity index (χ0n) is 9.61. The minimum atomic E-state index is -0.0875. The number of carbonyl (C=O) groups excluding carboxylic acids is 1. The zero-order valence-corrected chi connectivity index (χ0v) is 9.61. The van der Waals surface area contributed by atoms with E-state index in [2.05, 4.69) is 5.32 Å². The molecule has 2 aliphatic heterocycles. The van der Waals surface area contributed by atoms with E-state index in [4.69, 9.17) is 4.74 Å². The van der Waals surface area contributed by atoms with Gasteiger partial charge in [0, 0.05) is 12.2 Å². The largest absolute Gasteiger partial charge is 0.490 e. The molecule has 0 fully saturated rings. The minimum Gasteiger partial charge on any atom is -0.490 e. The molecule has 0 bridgehead atoms. The van der Waals surface area contributed by atoms with E-state index >= 15 is 0 Å². The molecule has 1 aromatic carbocycles. The number of carbonyl (C=O) groups is 1. The Balaban J connectivity index is 1.87. The van der Waals surface area contributed by atoms with Gasteiger partial charge >= 0.3 is 0 Å². The molecule has 0 spiro atoms. The van der Waals surface area contributed by atoms with Gasteiger partial charge < -0.3 is 10.1 Å². The summed E-state index contributed by atoms with van der Waals surface area (Å²) in [4.78, 5) is 12.3. The van der Waals surface area contributed by atoms with Crippen LogP contribution in [0.15, 0.2) is 36.1 Å². The number of fused-ring (bicyclic) bond motifs is 1. The van der Waals surface area contributed by atoms with Crippen LogP contribution in [0.4, 0.5) is 5.69 Å². The summed E-state index contributed by atoms with van der Waals surface area (Å²) in [5, 5.41) is 3.27. The average Bonchev–Trinajstić information content (AvgIpc) is 2.83. The summed E-state index contributed by atoms with van der Waals surface area (Å²) in [5.74, 6) is 0.581. The van der Waals surface area contributed by atoms with Crippen molar-refractivity contribution in [2.75, 3.05) is 18.5 Å². The molecular formula is C14H15NO2. The molecule has 3 heteroatoms. The molecule has 0 radical (unpaired) electrons. The summed E-state index contributed by atoms with van der Waals surface area (Å²) in [6.07, 6.45) is 3.88. The Hall–Kier alpha value is -1.77. The van der Waals surface area contributed by atoms with E-state index in [9.17, 15) is 4.79 Å². The number of allylic oxidation sites excluding steroid dienone is 2. The highest BCUT2D eigenvalue weighted by molar-refractivity contribution is 6.01. The van der Waals surface area contributed by atoms with Crippen molar-refractivity contribution in [2.24, 2.45) is 0 Å². The van der Waals surface area contributed by atoms with Crippen LogP contribution >= 0.6 is 0 Å². The quantitative estimate of drug-likeness (QED) is 0.846. The monoisotopic (exact) mass is 229 g/mol. The van der Waals surface area contributed by atoms with Crippen molar-refractivity contribution in [1.82, 2.24) is 0 Å². The van der Waals surface area contributed by atoms with Gasteiger partial charge in [0.25, 0.3) is 0 Å². The standard InChI is InChI=1S/C14H15NO2/c16-14(13-7-3-4-8-17-13)11-9-15-12-6-2-1-5-10(11)12/h1-2,5-7,11,15H,3-4,8-9H2. The van der Waals surface area contributed by atoms with Crippen molar-refractivity contribution in [3.8, 4) is 0 Å². The summed E-state index contributed by atoms with van der Waals surface area (Å²) in [7, 11) is 0. The molecule has 17 heavy (non-hydrogen) atoms. The Bertz CT molecular complexity index is 479. The number of Topliss-reactive ketones (excluding diaryl/α,β-unsaturated/α-hetero) is 1. The second-order valence-corrected chi connectivity index (χ2v) is 4.44. The molecule has 1 aromatic rings. The highest BCUT2D eigenvalue weighted by atomic mass is 16.5. The number of ether oxygens (including phenoxy) is 1. The smallest absolute Gasteiger partial charge is 0.206 e. The molecule has 0 saturated heterocycles. The van der Waals surface area contributed by atoms with Gasteiger partial charge in [-0.2, -0.15) is 0 Å². The first-order chi connectivity index (χ1) is 8.36. The van der Waals surface area contributed by atoms with Crippen molar-refractivity contribution in [1.29, 1.82) is 0 Å². The third-order valence-corrected chi connectivity index (χ3v) is 3.33. The topological polar surface area (TPSA) is 38.3 Å². The maximum atomic E-state index is 12.3. The molecule has 1 N–H and O–H groups in total. The van der Waals surface area contributed by atoms with Crippen molar-refractivity contribution in [2.45, 2.75) is 18.8 Å². The lowest BCUT2D eigenvalue weighted by Gasteiger charge is -2.16. The second kappa shape index (κ2) is 4.24. The fourth-order valence-electron chi connectivity index (χ4n) is 2.42. The molecule has 0 aromatic heterocycles. The summed E-state index contributed by atoms with van der Waals surface area (Å²) >= 11 is 0. The number of hydrogen-bond acceptors (Lipinski definition) is 3. The number of rotatable bonds is 2. The highest BCUT2D eigenvalue weighted by Gasteiger charge is 2.31. The normalized spacial score (nSPS) is 22.1. The lowest BCUT2D eigenvalue weighted by atomic mass is 9.95.